The number of anilines is 1. The van der Waals surface area contributed by atoms with Crippen molar-refractivity contribution in [3.8, 4) is 0 Å². The lowest BCUT2D eigenvalue weighted by atomic mass is 10.2. The normalized spacial score (nSPS) is 16.2. The maximum absolute atomic E-state index is 12.3. The van der Waals surface area contributed by atoms with Gasteiger partial charge in [-0.1, -0.05) is 0 Å². The highest BCUT2D eigenvalue weighted by Gasteiger charge is 2.33. The minimum atomic E-state index is -4.56. The van der Waals surface area contributed by atoms with E-state index in [4.69, 9.17) is 0 Å². The molecule has 0 fully saturated rings. The standard InChI is InChI=1S/C10H6F5N3O/c11-9(12)6-3-8(19)18(17-6)7-2-1-5(4-16-7)10(13,14)15/h1-2,4,9H,3H2. The monoisotopic (exact) mass is 279 g/mol. The molecule has 0 spiro atoms. The van der Waals surface area contributed by atoms with Gasteiger partial charge in [-0.2, -0.15) is 23.3 Å². The second kappa shape index (κ2) is 4.56. The van der Waals surface area contributed by atoms with Gasteiger partial charge in [0, 0.05) is 6.20 Å². The van der Waals surface area contributed by atoms with Crippen molar-refractivity contribution in [3.63, 3.8) is 0 Å². The number of hydrogen-bond acceptors (Lipinski definition) is 3. The first-order valence-corrected chi connectivity index (χ1v) is 5.01. The van der Waals surface area contributed by atoms with Crippen LogP contribution in [0.5, 0.6) is 0 Å². The van der Waals surface area contributed by atoms with Crippen LogP contribution in [0.2, 0.25) is 0 Å². The van der Waals surface area contributed by atoms with Gasteiger partial charge in [0.25, 0.3) is 12.3 Å². The number of carbonyl (C=O) groups excluding carboxylic acids is 1. The summed E-state index contributed by atoms with van der Waals surface area (Å²) in [5, 5.41) is 3.91. The van der Waals surface area contributed by atoms with Gasteiger partial charge < -0.3 is 0 Å². The molecule has 0 unspecified atom stereocenters. The van der Waals surface area contributed by atoms with Gasteiger partial charge in [-0.05, 0) is 12.1 Å². The summed E-state index contributed by atoms with van der Waals surface area (Å²) < 4.78 is 61.6. The number of aromatic nitrogens is 1. The summed E-state index contributed by atoms with van der Waals surface area (Å²) in [4.78, 5) is 14.8. The molecule has 1 amide bonds. The van der Waals surface area contributed by atoms with Crippen molar-refractivity contribution in [2.24, 2.45) is 5.10 Å². The van der Waals surface area contributed by atoms with E-state index in [0.29, 0.717) is 17.3 Å². The van der Waals surface area contributed by atoms with Crippen LogP contribution in [0, 0.1) is 0 Å². The fraction of sp³-hybridized carbons (Fsp3) is 0.300. The van der Waals surface area contributed by atoms with E-state index in [1.165, 1.54) is 0 Å². The summed E-state index contributed by atoms with van der Waals surface area (Å²) in [5.74, 6) is -0.990. The van der Waals surface area contributed by atoms with Crippen molar-refractivity contribution < 1.29 is 26.7 Å². The zero-order valence-corrected chi connectivity index (χ0v) is 9.16. The number of halogens is 5. The van der Waals surface area contributed by atoms with E-state index in [1.54, 1.807) is 0 Å². The summed E-state index contributed by atoms with van der Waals surface area (Å²) in [6.45, 7) is 0. The van der Waals surface area contributed by atoms with Crippen molar-refractivity contribution in [1.82, 2.24) is 4.98 Å². The molecule has 2 rings (SSSR count). The zero-order chi connectivity index (χ0) is 14.2. The van der Waals surface area contributed by atoms with Gasteiger partial charge in [0.05, 0.1) is 12.0 Å². The molecule has 19 heavy (non-hydrogen) atoms. The Morgan fingerprint density at radius 3 is 2.37 bits per heavy atom. The van der Waals surface area contributed by atoms with Crippen LogP contribution in [0.15, 0.2) is 23.4 Å². The summed E-state index contributed by atoms with van der Waals surface area (Å²) in [6.07, 6.45) is -7.50. The molecular formula is C10H6F5N3O. The lowest BCUT2D eigenvalue weighted by Crippen LogP contribution is -2.21. The Morgan fingerprint density at radius 1 is 1.26 bits per heavy atom. The van der Waals surface area contributed by atoms with Gasteiger partial charge >= 0.3 is 6.18 Å². The molecule has 0 radical (unpaired) electrons. The smallest absolute Gasteiger partial charge is 0.272 e. The number of nitrogens with zero attached hydrogens (tertiary/aromatic N) is 3. The molecule has 0 saturated carbocycles. The SMILES string of the molecule is O=C1CC(C(F)F)=NN1c1ccc(C(F)(F)F)cn1. The van der Waals surface area contributed by atoms with Gasteiger partial charge in [0.2, 0.25) is 0 Å². The largest absolute Gasteiger partial charge is 0.417 e. The minimum absolute atomic E-state index is 0.228. The zero-order valence-electron chi connectivity index (χ0n) is 9.16. The van der Waals surface area contributed by atoms with Gasteiger partial charge in [-0.15, -0.1) is 0 Å². The van der Waals surface area contributed by atoms with Gasteiger partial charge in [-0.3, -0.25) is 4.79 Å². The Labute approximate surface area is 103 Å². The molecule has 1 aliphatic heterocycles. The van der Waals surface area contributed by atoms with E-state index in [1.807, 2.05) is 0 Å². The first kappa shape index (κ1) is 13.4. The quantitative estimate of drug-likeness (QED) is 0.781. The van der Waals surface area contributed by atoms with Crippen LogP contribution < -0.4 is 5.01 Å². The van der Waals surface area contributed by atoms with E-state index in [2.05, 4.69) is 10.1 Å². The molecule has 0 saturated heterocycles. The average molecular weight is 279 g/mol. The number of carbonyl (C=O) groups is 1. The van der Waals surface area contributed by atoms with Crippen LogP contribution >= 0.6 is 0 Å². The molecule has 4 nitrogen and oxygen atoms in total. The number of hydrogen-bond donors (Lipinski definition) is 0. The molecule has 1 aliphatic rings. The van der Waals surface area contributed by atoms with E-state index in [9.17, 15) is 26.7 Å². The van der Waals surface area contributed by atoms with Crippen molar-refractivity contribution >= 4 is 17.4 Å². The number of alkyl halides is 5. The molecule has 102 valence electrons. The maximum Gasteiger partial charge on any atom is 0.417 e. The molecule has 2 heterocycles. The van der Waals surface area contributed by atoms with Crippen molar-refractivity contribution in [3.05, 3.63) is 23.9 Å². The van der Waals surface area contributed by atoms with E-state index in [-0.39, 0.29) is 5.82 Å². The van der Waals surface area contributed by atoms with E-state index in [0.717, 1.165) is 6.07 Å². The third-order valence-corrected chi connectivity index (χ3v) is 2.34. The second-order valence-corrected chi connectivity index (χ2v) is 3.68. The maximum atomic E-state index is 12.3. The Bertz CT molecular complexity index is 523. The lowest BCUT2D eigenvalue weighted by molar-refractivity contribution is -0.137. The molecule has 0 N–H and O–H groups in total. The number of rotatable bonds is 2. The molecule has 0 aliphatic carbocycles. The van der Waals surface area contributed by atoms with Crippen LogP contribution in [-0.2, 0) is 11.0 Å². The summed E-state index contributed by atoms with van der Waals surface area (Å²) in [7, 11) is 0. The van der Waals surface area contributed by atoms with Gasteiger partial charge in [0.15, 0.2) is 5.82 Å². The summed E-state index contributed by atoms with van der Waals surface area (Å²) in [6, 6.07) is 1.60. The summed E-state index contributed by atoms with van der Waals surface area (Å²) >= 11 is 0. The third kappa shape index (κ3) is 2.69. The van der Waals surface area contributed by atoms with Crippen LogP contribution in [-0.4, -0.2) is 23.0 Å². The minimum Gasteiger partial charge on any atom is -0.272 e. The molecular weight excluding hydrogens is 273 g/mol. The highest BCUT2D eigenvalue weighted by Crippen LogP contribution is 2.30. The topological polar surface area (TPSA) is 45.6 Å². The molecule has 0 aromatic carbocycles. The lowest BCUT2D eigenvalue weighted by Gasteiger charge is -2.11. The summed E-state index contributed by atoms with van der Waals surface area (Å²) in [5.41, 5.74) is -1.63. The highest BCUT2D eigenvalue weighted by atomic mass is 19.4. The van der Waals surface area contributed by atoms with Crippen molar-refractivity contribution in [2.75, 3.05) is 5.01 Å². The fourth-order valence-electron chi connectivity index (χ4n) is 1.43. The molecule has 9 heteroatoms. The first-order valence-electron chi connectivity index (χ1n) is 5.01. The number of hydrazone groups is 1. The molecule has 0 atom stereocenters. The Balaban J connectivity index is 2.26. The van der Waals surface area contributed by atoms with Crippen LogP contribution in [0.1, 0.15) is 12.0 Å². The Kier molecular flexibility index (Phi) is 3.21. The van der Waals surface area contributed by atoms with Crippen LogP contribution in [0.4, 0.5) is 27.8 Å². The highest BCUT2D eigenvalue weighted by molar-refractivity contribution is 6.13. The fourth-order valence-corrected chi connectivity index (χ4v) is 1.43. The van der Waals surface area contributed by atoms with Crippen LogP contribution in [0.3, 0.4) is 0 Å². The Morgan fingerprint density at radius 2 is 1.95 bits per heavy atom. The van der Waals surface area contributed by atoms with Crippen molar-refractivity contribution in [2.45, 2.75) is 19.0 Å². The second-order valence-electron chi connectivity index (χ2n) is 3.68. The van der Waals surface area contributed by atoms with E-state index < -0.39 is 36.2 Å². The molecule has 0 bridgehead atoms. The average Bonchev–Trinajstić information content (AvgIpc) is 2.70. The third-order valence-electron chi connectivity index (χ3n) is 2.34. The molecule has 1 aromatic heterocycles. The number of amides is 1. The van der Waals surface area contributed by atoms with Gasteiger partial charge in [-0.25, -0.2) is 13.8 Å². The van der Waals surface area contributed by atoms with Crippen LogP contribution in [0.25, 0.3) is 0 Å². The number of pyridine rings is 1. The van der Waals surface area contributed by atoms with Crippen molar-refractivity contribution in [1.29, 1.82) is 0 Å². The Hall–Kier alpha value is -2.06. The predicted octanol–water partition coefficient (Wildman–Crippen LogP) is 2.46. The first-order chi connectivity index (χ1) is 8.79. The molecule has 1 aromatic rings. The van der Waals surface area contributed by atoms with Gasteiger partial charge in [0.1, 0.15) is 5.71 Å². The predicted molar refractivity (Wildman–Crippen MR) is 54.8 cm³/mol. The van der Waals surface area contributed by atoms with E-state index >= 15 is 0 Å².